The predicted molar refractivity (Wildman–Crippen MR) is 151 cm³/mol. The number of carbonyl (C=O) groups is 2. The molecule has 0 spiro atoms. The van der Waals surface area contributed by atoms with Crippen LogP contribution in [0, 0.1) is 5.92 Å². The summed E-state index contributed by atoms with van der Waals surface area (Å²) < 4.78 is 24.8. The standard InChI is InChI=1S/C31H35N3O7/c1-20(2)9-14-39-23-7-5-21(17-25(23)38-3)28-27(29(35)22-6-8-24-26(18-22)41-16-15-40-24)30(36)31(37)34(28)12-4-11-33-13-10-32-19-33/h5-8,10,13,17-20,28,35H,4,9,11-12,14-16H2,1-3H3/b29-27+. The Morgan fingerprint density at radius 2 is 1.88 bits per heavy atom. The number of Topliss-reactive ketones (excluding diaryl/α,β-unsaturated/α-hetero) is 1. The van der Waals surface area contributed by atoms with Crippen molar-refractivity contribution in [1.29, 1.82) is 0 Å². The van der Waals surface area contributed by atoms with Crippen LogP contribution >= 0.6 is 0 Å². The summed E-state index contributed by atoms with van der Waals surface area (Å²) in [6.45, 7) is 6.50. The number of carbonyl (C=O) groups excluding carboxylic acids is 2. The first-order valence-corrected chi connectivity index (χ1v) is 13.8. The molecule has 1 fully saturated rings. The van der Waals surface area contributed by atoms with Gasteiger partial charge in [0, 0.05) is 31.0 Å². The highest BCUT2D eigenvalue weighted by Gasteiger charge is 2.46. The molecule has 5 rings (SSSR count). The van der Waals surface area contributed by atoms with Gasteiger partial charge in [0.05, 0.1) is 31.7 Å². The van der Waals surface area contributed by atoms with Gasteiger partial charge in [-0.2, -0.15) is 0 Å². The molecule has 0 bridgehead atoms. The van der Waals surface area contributed by atoms with E-state index in [1.54, 1.807) is 50.0 Å². The smallest absolute Gasteiger partial charge is 0.295 e. The van der Waals surface area contributed by atoms with Crippen LogP contribution in [0.1, 0.15) is 43.9 Å². The van der Waals surface area contributed by atoms with E-state index in [4.69, 9.17) is 18.9 Å². The van der Waals surface area contributed by atoms with Gasteiger partial charge in [-0.05, 0) is 54.7 Å². The number of benzene rings is 2. The lowest BCUT2D eigenvalue weighted by Crippen LogP contribution is -2.31. The lowest BCUT2D eigenvalue weighted by Gasteiger charge is -2.26. The molecule has 1 aromatic heterocycles. The van der Waals surface area contributed by atoms with Crippen molar-refractivity contribution in [3.63, 3.8) is 0 Å². The number of methoxy groups -OCH3 is 1. The van der Waals surface area contributed by atoms with Gasteiger partial charge in [0.1, 0.15) is 19.0 Å². The van der Waals surface area contributed by atoms with Crippen molar-refractivity contribution in [3.8, 4) is 23.0 Å². The molecular weight excluding hydrogens is 526 g/mol. The highest BCUT2D eigenvalue weighted by atomic mass is 16.6. The van der Waals surface area contributed by atoms with Crippen molar-refractivity contribution in [3.05, 3.63) is 71.8 Å². The Balaban J connectivity index is 1.52. The number of ketones is 1. The molecular formula is C31H35N3O7. The van der Waals surface area contributed by atoms with Crippen LogP contribution in [0.2, 0.25) is 0 Å². The number of amides is 1. The minimum atomic E-state index is -0.829. The highest BCUT2D eigenvalue weighted by molar-refractivity contribution is 6.46. The molecule has 2 aromatic carbocycles. The molecule has 0 saturated carbocycles. The quantitative estimate of drug-likeness (QED) is 0.205. The maximum atomic E-state index is 13.5. The summed E-state index contributed by atoms with van der Waals surface area (Å²) in [4.78, 5) is 32.5. The largest absolute Gasteiger partial charge is 0.507 e. The van der Waals surface area contributed by atoms with Crippen LogP contribution in [0.25, 0.3) is 5.76 Å². The predicted octanol–water partition coefficient (Wildman–Crippen LogP) is 4.60. The lowest BCUT2D eigenvalue weighted by molar-refractivity contribution is -0.139. The molecule has 10 nitrogen and oxygen atoms in total. The van der Waals surface area contributed by atoms with Gasteiger partial charge in [0.2, 0.25) is 0 Å². The van der Waals surface area contributed by atoms with Crippen LogP contribution < -0.4 is 18.9 Å². The number of imidazole rings is 1. The average molecular weight is 562 g/mol. The number of fused-ring (bicyclic) bond motifs is 1. The van der Waals surface area contributed by atoms with Crippen LogP contribution in [0.5, 0.6) is 23.0 Å². The van der Waals surface area contributed by atoms with Gasteiger partial charge in [-0.3, -0.25) is 9.59 Å². The zero-order valence-electron chi connectivity index (χ0n) is 23.5. The SMILES string of the molecule is COc1cc(C2/C(=C(\O)c3ccc4c(c3)OCCO4)C(=O)C(=O)N2CCCn2ccnc2)ccc1OCCC(C)C. The van der Waals surface area contributed by atoms with E-state index in [1.165, 1.54) is 4.90 Å². The second-order valence-corrected chi connectivity index (χ2v) is 10.4. The van der Waals surface area contributed by atoms with E-state index in [0.29, 0.717) is 79.4 Å². The first kappa shape index (κ1) is 28.1. The van der Waals surface area contributed by atoms with Crippen molar-refractivity contribution >= 4 is 17.4 Å². The second kappa shape index (κ2) is 12.4. The topological polar surface area (TPSA) is 112 Å². The van der Waals surface area contributed by atoms with Crippen molar-refractivity contribution in [2.45, 2.75) is 39.3 Å². The number of hydrogen-bond donors (Lipinski definition) is 1. The fourth-order valence-corrected chi connectivity index (χ4v) is 5.02. The van der Waals surface area contributed by atoms with Crippen LogP contribution in [-0.2, 0) is 16.1 Å². The van der Waals surface area contributed by atoms with Gasteiger partial charge in [-0.1, -0.05) is 19.9 Å². The van der Waals surface area contributed by atoms with E-state index in [0.717, 1.165) is 6.42 Å². The third kappa shape index (κ3) is 6.01. The number of aryl methyl sites for hydroxylation is 1. The van der Waals surface area contributed by atoms with Gasteiger partial charge in [-0.15, -0.1) is 0 Å². The van der Waals surface area contributed by atoms with Gasteiger partial charge in [0.15, 0.2) is 23.0 Å². The molecule has 2 aliphatic heterocycles. The van der Waals surface area contributed by atoms with Gasteiger partial charge in [0.25, 0.3) is 11.7 Å². The van der Waals surface area contributed by atoms with Gasteiger partial charge in [-0.25, -0.2) is 4.98 Å². The van der Waals surface area contributed by atoms with Crippen LogP contribution in [0.15, 0.2) is 60.7 Å². The molecule has 3 heterocycles. The molecule has 1 N–H and O–H groups in total. The summed E-state index contributed by atoms with van der Waals surface area (Å²) in [6, 6.07) is 9.49. The van der Waals surface area contributed by atoms with Crippen molar-refractivity contribution in [2.75, 3.05) is 33.5 Å². The van der Waals surface area contributed by atoms with Crippen molar-refractivity contribution in [2.24, 2.45) is 5.92 Å². The number of rotatable bonds is 11. The van der Waals surface area contributed by atoms with Crippen molar-refractivity contribution < 1.29 is 33.6 Å². The molecule has 216 valence electrons. The molecule has 1 atom stereocenters. The van der Waals surface area contributed by atoms with E-state index in [2.05, 4.69) is 18.8 Å². The Bertz CT molecular complexity index is 1430. The van der Waals surface area contributed by atoms with E-state index in [-0.39, 0.29) is 11.3 Å². The highest BCUT2D eigenvalue weighted by Crippen LogP contribution is 2.43. The molecule has 41 heavy (non-hydrogen) atoms. The van der Waals surface area contributed by atoms with Gasteiger partial charge < -0.3 is 33.5 Å². The molecule has 10 heteroatoms. The summed E-state index contributed by atoms with van der Waals surface area (Å²) in [5, 5.41) is 11.5. The normalized spacial score (nSPS) is 17.8. The Labute approximate surface area is 239 Å². The molecule has 1 saturated heterocycles. The molecule has 2 aliphatic rings. The van der Waals surface area contributed by atoms with E-state index in [9.17, 15) is 14.7 Å². The first-order valence-electron chi connectivity index (χ1n) is 13.8. The number of aliphatic hydroxyl groups excluding tert-OH is 1. The Morgan fingerprint density at radius 1 is 1.07 bits per heavy atom. The third-order valence-electron chi connectivity index (χ3n) is 7.19. The zero-order chi connectivity index (χ0) is 28.9. The Kier molecular flexibility index (Phi) is 8.47. The number of nitrogens with zero attached hydrogens (tertiary/aromatic N) is 3. The third-order valence-corrected chi connectivity index (χ3v) is 7.19. The van der Waals surface area contributed by atoms with Gasteiger partial charge >= 0.3 is 0 Å². The average Bonchev–Trinajstić information content (AvgIpc) is 3.59. The second-order valence-electron chi connectivity index (χ2n) is 10.4. The maximum Gasteiger partial charge on any atom is 0.295 e. The van der Waals surface area contributed by atoms with Crippen LogP contribution in [0.3, 0.4) is 0 Å². The van der Waals surface area contributed by atoms with Crippen molar-refractivity contribution in [1.82, 2.24) is 14.5 Å². The fraction of sp³-hybridized carbons (Fsp3) is 0.387. The zero-order valence-corrected chi connectivity index (χ0v) is 23.5. The number of hydrogen-bond acceptors (Lipinski definition) is 8. The van der Waals surface area contributed by atoms with E-state index >= 15 is 0 Å². The van der Waals surface area contributed by atoms with E-state index in [1.807, 2.05) is 16.8 Å². The number of likely N-dealkylation sites (tertiary alicyclic amines) is 1. The number of ether oxygens (including phenoxy) is 4. The fourth-order valence-electron chi connectivity index (χ4n) is 5.02. The molecule has 1 amide bonds. The van der Waals surface area contributed by atoms with E-state index < -0.39 is 17.7 Å². The monoisotopic (exact) mass is 561 g/mol. The minimum absolute atomic E-state index is 0.00448. The Hall–Kier alpha value is -4.47. The summed E-state index contributed by atoms with van der Waals surface area (Å²) in [5.41, 5.74) is 0.986. The summed E-state index contributed by atoms with van der Waals surface area (Å²) >= 11 is 0. The van der Waals surface area contributed by atoms with Crippen LogP contribution in [0.4, 0.5) is 0 Å². The summed E-state index contributed by atoms with van der Waals surface area (Å²) in [5.74, 6) is 0.868. The first-order chi connectivity index (χ1) is 19.9. The molecule has 3 aromatic rings. The Morgan fingerprint density at radius 3 is 2.61 bits per heavy atom. The lowest BCUT2D eigenvalue weighted by atomic mass is 9.94. The summed E-state index contributed by atoms with van der Waals surface area (Å²) in [6.07, 6.45) is 6.71. The maximum absolute atomic E-state index is 13.5. The molecule has 0 radical (unpaired) electrons. The number of aliphatic hydroxyl groups is 1. The van der Waals surface area contributed by atoms with Crippen LogP contribution in [-0.4, -0.2) is 64.7 Å². The summed E-state index contributed by atoms with van der Waals surface area (Å²) in [7, 11) is 1.55. The molecule has 0 aliphatic carbocycles. The minimum Gasteiger partial charge on any atom is -0.507 e. The molecule has 1 unspecified atom stereocenters. The number of aromatic nitrogens is 2.